The minimum Gasteiger partial charge on any atom is -1.00 e. The zero-order chi connectivity index (χ0) is 13.8. The number of hydrogen-bond acceptors (Lipinski definition) is 4. The summed E-state index contributed by atoms with van der Waals surface area (Å²) in [7, 11) is -5.49. The molecule has 0 aromatic heterocycles. The van der Waals surface area contributed by atoms with Crippen LogP contribution < -0.4 is 29.6 Å². The standard InChI is InChI=1S/C10H10F2O4S2.Na.H/c11-10(12,18(13,14)15)7-16-9(17)6-8-4-2-1-3-5-8;;/h1-5H,6-7H2,(H,13,14,15);;/q;+1;-1. The Kier molecular flexibility index (Phi) is 7.56. The van der Waals surface area contributed by atoms with E-state index in [4.69, 9.17) is 16.8 Å². The molecule has 1 aromatic rings. The summed E-state index contributed by atoms with van der Waals surface area (Å²) in [6, 6.07) is 8.70. The predicted octanol–water partition coefficient (Wildman–Crippen LogP) is -0.830. The number of rotatable bonds is 5. The van der Waals surface area contributed by atoms with Crippen LogP contribution in [0.3, 0.4) is 0 Å². The summed E-state index contributed by atoms with van der Waals surface area (Å²) in [5.74, 6) is 0. The fourth-order valence-electron chi connectivity index (χ4n) is 1.05. The third kappa shape index (κ3) is 6.24. The fourth-order valence-corrected chi connectivity index (χ4v) is 1.49. The summed E-state index contributed by atoms with van der Waals surface area (Å²) in [5.41, 5.74) is 0.748. The SMILES string of the molecule is O=S(=O)(O)C(F)(F)COC(=S)Cc1ccccc1.[H-].[Na+]. The number of halogens is 2. The molecule has 0 radical (unpaired) electrons. The van der Waals surface area contributed by atoms with Crippen molar-refractivity contribution in [3.8, 4) is 0 Å². The van der Waals surface area contributed by atoms with E-state index >= 15 is 0 Å². The second-order valence-corrected chi connectivity index (χ2v) is 5.44. The molecule has 102 valence electrons. The molecule has 1 rings (SSSR count). The average Bonchev–Trinajstić information content (AvgIpc) is 2.26. The molecule has 19 heavy (non-hydrogen) atoms. The van der Waals surface area contributed by atoms with Crippen LogP contribution in [0.1, 0.15) is 6.99 Å². The van der Waals surface area contributed by atoms with Gasteiger partial charge in [0.05, 0.1) is 0 Å². The summed E-state index contributed by atoms with van der Waals surface area (Å²) in [4.78, 5) is 0. The molecule has 1 N–H and O–H groups in total. The summed E-state index contributed by atoms with van der Waals surface area (Å²) >= 11 is 4.69. The Labute approximate surface area is 138 Å². The fraction of sp³-hybridized carbons (Fsp3) is 0.300. The minimum absolute atomic E-state index is 0. The first-order valence-electron chi connectivity index (χ1n) is 4.77. The Morgan fingerprint density at radius 2 is 1.89 bits per heavy atom. The van der Waals surface area contributed by atoms with Crippen molar-refractivity contribution in [2.75, 3.05) is 6.61 Å². The molecule has 0 unspecified atom stereocenters. The van der Waals surface area contributed by atoms with Crippen LogP contribution in [-0.4, -0.2) is 29.9 Å². The van der Waals surface area contributed by atoms with Gasteiger partial charge in [-0.05, 0) is 17.8 Å². The van der Waals surface area contributed by atoms with Gasteiger partial charge in [-0.15, -0.1) is 0 Å². The maximum atomic E-state index is 12.8. The molecule has 0 spiro atoms. The number of ether oxygens (including phenoxy) is 1. The van der Waals surface area contributed by atoms with Crippen molar-refractivity contribution in [1.82, 2.24) is 0 Å². The second kappa shape index (κ2) is 7.61. The number of benzene rings is 1. The van der Waals surface area contributed by atoms with Gasteiger partial charge in [0.2, 0.25) is 0 Å². The quantitative estimate of drug-likeness (QED) is 0.436. The van der Waals surface area contributed by atoms with Crippen molar-refractivity contribution < 1.29 is 57.5 Å². The molecule has 0 aliphatic heterocycles. The normalized spacial score (nSPS) is 11.5. The van der Waals surface area contributed by atoms with Crippen LogP contribution in [0.2, 0.25) is 0 Å². The zero-order valence-corrected chi connectivity index (χ0v) is 13.7. The van der Waals surface area contributed by atoms with Crippen molar-refractivity contribution in [3.05, 3.63) is 35.9 Å². The van der Waals surface area contributed by atoms with E-state index in [0.29, 0.717) is 0 Å². The summed E-state index contributed by atoms with van der Waals surface area (Å²) in [6.07, 6.45) is 0.109. The van der Waals surface area contributed by atoms with E-state index in [1.54, 1.807) is 30.3 Å². The number of thiocarbonyl (C=S) groups is 1. The summed E-state index contributed by atoms with van der Waals surface area (Å²) in [6.45, 7) is -1.50. The first-order chi connectivity index (χ1) is 8.22. The molecule has 9 heteroatoms. The number of alkyl halides is 2. The molecule has 0 atom stereocenters. The second-order valence-electron chi connectivity index (χ2n) is 3.44. The zero-order valence-electron chi connectivity index (χ0n) is 11.0. The van der Waals surface area contributed by atoms with Gasteiger partial charge in [0, 0.05) is 6.42 Å². The Hall–Kier alpha value is -0.120. The van der Waals surface area contributed by atoms with E-state index in [0.717, 1.165) is 5.56 Å². The average molecular weight is 320 g/mol. The molecule has 0 amide bonds. The molecule has 0 saturated heterocycles. The smallest absolute Gasteiger partial charge is 1.00 e. The van der Waals surface area contributed by atoms with E-state index in [1.807, 2.05) is 0 Å². The van der Waals surface area contributed by atoms with E-state index < -0.39 is 22.0 Å². The Morgan fingerprint density at radius 1 is 1.37 bits per heavy atom. The van der Waals surface area contributed by atoms with Gasteiger partial charge in [-0.3, -0.25) is 4.55 Å². The predicted molar refractivity (Wildman–Crippen MR) is 66.3 cm³/mol. The molecule has 0 aliphatic rings. The number of hydrogen-bond donors (Lipinski definition) is 1. The maximum absolute atomic E-state index is 12.8. The van der Waals surface area contributed by atoms with Gasteiger partial charge in [0.15, 0.2) is 11.7 Å². The molecule has 0 aliphatic carbocycles. The van der Waals surface area contributed by atoms with Crippen molar-refractivity contribution in [3.63, 3.8) is 0 Å². The topological polar surface area (TPSA) is 63.6 Å². The van der Waals surface area contributed by atoms with Gasteiger partial charge in [0.1, 0.15) is 0 Å². The molecule has 1 aromatic carbocycles. The molecule has 0 fully saturated rings. The van der Waals surface area contributed by atoms with E-state index in [-0.39, 0.29) is 42.5 Å². The third-order valence-electron chi connectivity index (χ3n) is 1.97. The monoisotopic (exact) mass is 320 g/mol. The van der Waals surface area contributed by atoms with Gasteiger partial charge < -0.3 is 6.16 Å². The van der Waals surface area contributed by atoms with E-state index in [2.05, 4.69) is 4.74 Å². The van der Waals surface area contributed by atoms with Gasteiger partial charge in [-0.1, -0.05) is 30.3 Å². The van der Waals surface area contributed by atoms with Gasteiger partial charge in [-0.25, -0.2) is 0 Å². The van der Waals surface area contributed by atoms with Crippen molar-refractivity contribution >= 4 is 27.4 Å². The van der Waals surface area contributed by atoms with Crippen molar-refractivity contribution in [2.45, 2.75) is 11.7 Å². The van der Waals surface area contributed by atoms with E-state index in [9.17, 15) is 17.2 Å². The summed E-state index contributed by atoms with van der Waals surface area (Å²) in [5, 5.41) is -4.54. The molecular formula is C10H11F2NaO4S2. The third-order valence-corrected chi connectivity index (χ3v) is 3.10. The van der Waals surface area contributed by atoms with Crippen LogP contribution in [0.15, 0.2) is 30.3 Å². The molecule has 0 saturated carbocycles. The Morgan fingerprint density at radius 3 is 2.37 bits per heavy atom. The maximum Gasteiger partial charge on any atom is 1.00 e. The first-order valence-corrected chi connectivity index (χ1v) is 6.61. The Balaban J connectivity index is 0. The minimum atomic E-state index is -5.49. The summed E-state index contributed by atoms with van der Waals surface area (Å²) < 4.78 is 59.0. The van der Waals surface area contributed by atoms with Crippen LogP contribution in [0.5, 0.6) is 0 Å². The molecule has 0 bridgehead atoms. The van der Waals surface area contributed by atoms with Gasteiger partial charge >= 0.3 is 44.9 Å². The van der Waals surface area contributed by atoms with Crippen LogP contribution in [0, 0.1) is 0 Å². The molecule has 4 nitrogen and oxygen atoms in total. The van der Waals surface area contributed by atoms with E-state index in [1.165, 1.54) is 0 Å². The van der Waals surface area contributed by atoms with Gasteiger partial charge in [0.25, 0.3) is 0 Å². The van der Waals surface area contributed by atoms with Crippen molar-refractivity contribution in [2.24, 2.45) is 0 Å². The first kappa shape index (κ1) is 18.9. The Bertz CT molecular complexity index is 525. The van der Waals surface area contributed by atoms with Crippen molar-refractivity contribution in [1.29, 1.82) is 0 Å². The van der Waals surface area contributed by atoms with Crippen LogP contribution in [-0.2, 0) is 21.3 Å². The van der Waals surface area contributed by atoms with Crippen LogP contribution in [0.25, 0.3) is 0 Å². The van der Waals surface area contributed by atoms with Gasteiger partial charge in [-0.2, -0.15) is 17.2 Å². The van der Waals surface area contributed by atoms with Crippen LogP contribution >= 0.6 is 12.2 Å². The van der Waals surface area contributed by atoms with Crippen LogP contribution in [0.4, 0.5) is 8.78 Å². The molecule has 0 heterocycles. The molecular weight excluding hydrogens is 309 g/mol. The largest absolute Gasteiger partial charge is 1.00 e.